The largest absolute Gasteiger partial charge is 0.493 e. The predicted molar refractivity (Wildman–Crippen MR) is 167 cm³/mol. The van der Waals surface area contributed by atoms with Crippen LogP contribution in [0, 0.1) is 25.2 Å². The van der Waals surface area contributed by atoms with E-state index < -0.39 is 11.2 Å². The molecule has 0 unspecified atom stereocenters. The summed E-state index contributed by atoms with van der Waals surface area (Å²) in [6.07, 6.45) is 0. The van der Waals surface area contributed by atoms with Crippen LogP contribution in [-0.2, 0) is 9.53 Å². The van der Waals surface area contributed by atoms with Gasteiger partial charge in [-0.25, -0.2) is 9.78 Å². The molecule has 0 spiro atoms. The number of pyridine rings is 1. The van der Waals surface area contributed by atoms with Crippen LogP contribution < -0.4 is 14.8 Å². The zero-order chi connectivity index (χ0) is 30.4. The van der Waals surface area contributed by atoms with E-state index in [1.54, 1.807) is 34.1 Å². The van der Waals surface area contributed by atoms with Crippen LogP contribution in [0.2, 0.25) is 0 Å². The maximum Gasteiger partial charge on any atom is 0.341 e. The molecule has 2 aromatic heterocycles. The van der Waals surface area contributed by atoms with Gasteiger partial charge in [-0.2, -0.15) is 5.26 Å². The van der Waals surface area contributed by atoms with Gasteiger partial charge in [0, 0.05) is 16.0 Å². The second kappa shape index (κ2) is 13.6. The van der Waals surface area contributed by atoms with Crippen LogP contribution in [0.25, 0.3) is 22.4 Å². The number of ether oxygens (including phenoxy) is 3. The number of methoxy groups -OCH3 is 2. The molecule has 0 bridgehead atoms. The number of nitrogens with zero attached hydrogens (tertiary/aromatic N) is 2. The molecular weight excluding hydrogens is 571 g/mol. The van der Waals surface area contributed by atoms with Crippen molar-refractivity contribution in [1.82, 2.24) is 4.98 Å². The Labute approximate surface area is 253 Å². The summed E-state index contributed by atoms with van der Waals surface area (Å²) in [6.45, 7) is 7.44. The SMILES string of the molecule is CCOC(=O)c1c(NC(=O)[C@@H](C)Sc2nc(-c3ccccc3)cc(-c3ccc(OC)c(OC)c3)c2C#N)sc(C)c1C. The standard InChI is InChI=1S/C32H31N3O5S2/c1-7-40-32(37)28-18(2)19(3)41-31(28)35-29(36)20(4)42-30-24(17-33)23(16-25(34-30)21-11-9-8-10-12-21)22-13-14-26(38-5)27(15-22)39-6/h8-16,20H,7H2,1-6H3,(H,35,36)/t20-/m1/s1. The second-order valence-electron chi connectivity index (χ2n) is 9.24. The third kappa shape index (κ3) is 6.43. The van der Waals surface area contributed by atoms with Crippen LogP contribution in [0.3, 0.4) is 0 Å². The number of hydrogen-bond donors (Lipinski definition) is 1. The van der Waals surface area contributed by atoms with E-state index in [9.17, 15) is 14.9 Å². The molecule has 0 saturated carbocycles. The van der Waals surface area contributed by atoms with Gasteiger partial charge in [-0.15, -0.1) is 11.3 Å². The molecule has 8 nitrogen and oxygen atoms in total. The number of esters is 1. The predicted octanol–water partition coefficient (Wildman–Crippen LogP) is 7.28. The van der Waals surface area contributed by atoms with Gasteiger partial charge in [0.2, 0.25) is 5.91 Å². The fourth-order valence-corrected chi connectivity index (χ4v) is 6.28. The van der Waals surface area contributed by atoms with Crippen LogP contribution >= 0.6 is 23.1 Å². The zero-order valence-electron chi connectivity index (χ0n) is 24.2. The van der Waals surface area contributed by atoms with E-state index in [-0.39, 0.29) is 12.5 Å². The molecule has 42 heavy (non-hydrogen) atoms. The number of thioether (sulfide) groups is 1. The number of benzene rings is 2. The highest BCUT2D eigenvalue weighted by atomic mass is 32.2. The van der Waals surface area contributed by atoms with Crippen LogP contribution in [-0.4, -0.2) is 42.9 Å². The van der Waals surface area contributed by atoms with E-state index >= 15 is 0 Å². The number of carbonyl (C=O) groups is 2. The van der Waals surface area contributed by atoms with E-state index in [1.165, 1.54) is 23.1 Å². The van der Waals surface area contributed by atoms with Gasteiger partial charge in [-0.3, -0.25) is 4.79 Å². The summed E-state index contributed by atoms with van der Waals surface area (Å²) in [7, 11) is 3.12. The fraction of sp³-hybridized carbons (Fsp3) is 0.250. The lowest BCUT2D eigenvalue weighted by molar-refractivity contribution is -0.115. The summed E-state index contributed by atoms with van der Waals surface area (Å²) in [5, 5.41) is 13.4. The smallest absolute Gasteiger partial charge is 0.341 e. The summed E-state index contributed by atoms with van der Waals surface area (Å²) in [5.74, 6) is 0.296. The van der Waals surface area contributed by atoms with Crippen molar-refractivity contribution in [2.75, 3.05) is 26.1 Å². The average molecular weight is 602 g/mol. The maximum absolute atomic E-state index is 13.4. The Hall–Kier alpha value is -4.33. The fourth-order valence-electron chi connectivity index (χ4n) is 4.30. The summed E-state index contributed by atoms with van der Waals surface area (Å²) in [4.78, 5) is 31.8. The van der Waals surface area contributed by atoms with Gasteiger partial charge in [0.1, 0.15) is 16.1 Å². The number of amides is 1. The molecule has 216 valence electrons. The van der Waals surface area contributed by atoms with Crippen molar-refractivity contribution in [1.29, 1.82) is 5.26 Å². The number of nitrogens with one attached hydrogen (secondary N) is 1. The van der Waals surface area contributed by atoms with Gasteiger partial charge in [-0.1, -0.05) is 48.2 Å². The number of aromatic nitrogens is 1. The third-order valence-electron chi connectivity index (χ3n) is 6.62. The van der Waals surface area contributed by atoms with E-state index in [0.29, 0.717) is 43.9 Å². The van der Waals surface area contributed by atoms with E-state index in [4.69, 9.17) is 19.2 Å². The molecule has 2 aromatic carbocycles. The van der Waals surface area contributed by atoms with Crippen molar-refractivity contribution in [3.8, 4) is 40.0 Å². The molecule has 2 heterocycles. The van der Waals surface area contributed by atoms with Crippen molar-refractivity contribution < 1.29 is 23.8 Å². The number of carbonyl (C=O) groups excluding carboxylic acids is 2. The van der Waals surface area contributed by atoms with Crippen LogP contribution in [0.15, 0.2) is 59.6 Å². The minimum atomic E-state index is -0.647. The lowest BCUT2D eigenvalue weighted by atomic mass is 9.99. The maximum atomic E-state index is 13.4. The highest BCUT2D eigenvalue weighted by molar-refractivity contribution is 8.00. The molecular formula is C32H31N3O5S2. The summed E-state index contributed by atoms with van der Waals surface area (Å²) < 4.78 is 16.1. The second-order valence-corrected chi connectivity index (χ2v) is 11.8. The lowest BCUT2D eigenvalue weighted by Gasteiger charge is -2.17. The monoisotopic (exact) mass is 601 g/mol. The first-order valence-corrected chi connectivity index (χ1v) is 14.9. The number of aryl methyl sites for hydroxylation is 1. The highest BCUT2D eigenvalue weighted by Crippen LogP contribution is 2.39. The summed E-state index contributed by atoms with van der Waals surface area (Å²) in [6, 6.07) is 19.3. The molecule has 0 aliphatic heterocycles. The molecule has 0 fully saturated rings. The van der Waals surface area contributed by atoms with Crippen molar-refractivity contribution in [3.05, 3.63) is 76.2 Å². The molecule has 1 N–H and O–H groups in total. The van der Waals surface area contributed by atoms with Crippen molar-refractivity contribution >= 4 is 40.0 Å². The molecule has 1 amide bonds. The number of anilines is 1. The third-order valence-corrected chi connectivity index (χ3v) is 8.83. The highest BCUT2D eigenvalue weighted by Gasteiger charge is 2.26. The van der Waals surface area contributed by atoms with Gasteiger partial charge in [0.05, 0.1) is 42.9 Å². The quantitative estimate of drug-likeness (QED) is 0.149. The topological polar surface area (TPSA) is 111 Å². The molecule has 4 aromatic rings. The Bertz CT molecular complexity index is 1660. The average Bonchev–Trinajstić information content (AvgIpc) is 3.28. The molecule has 0 radical (unpaired) electrons. The first-order chi connectivity index (χ1) is 20.2. The minimum absolute atomic E-state index is 0.232. The van der Waals surface area contributed by atoms with Gasteiger partial charge in [-0.05, 0) is 57.0 Å². The van der Waals surface area contributed by atoms with E-state index in [2.05, 4.69) is 11.4 Å². The number of hydrogen-bond acceptors (Lipinski definition) is 9. The molecule has 0 aliphatic rings. The Morgan fingerprint density at radius 3 is 2.40 bits per heavy atom. The molecule has 4 rings (SSSR count). The molecule has 0 saturated heterocycles. The summed E-state index contributed by atoms with van der Waals surface area (Å²) in [5.41, 5.74) is 4.39. The van der Waals surface area contributed by atoms with Crippen LogP contribution in [0.5, 0.6) is 11.5 Å². The number of nitriles is 1. The zero-order valence-corrected chi connectivity index (χ0v) is 25.9. The molecule has 1 atom stereocenters. The Morgan fingerprint density at radius 2 is 1.76 bits per heavy atom. The van der Waals surface area contributed by atoms with Gasteiger partial charge in [0.15, 0.2) is 11.5 Å². The Morgan fingerprint density at radius 1 is 1.05 bits per heavy atom. The first kappa shape index (κ1) is 30.6. The van der Waals surface area contributed by atoms with Crippen molar-refractivity contribution in [3.63, 3.8) is 0 Å². The van der Waals surface area contributed by atoms with E-state index in [1.807, 2.05) is 62.4 Å². The Balaban J connectivity index is 1.74. The molecule has 10 heteroatoms. The van der Waals surface area contributed by atoms with Crippen molar-refractivity contribution in [2.45, 2.75) is 38.0 Å². The lowest BCUT2D eigenvalue weighted by Crippen LogP contribution is -2.23. The van der Waals surface area contributed by atoms with Crippen LogP contribution in [0.4, 0.5) is 5.00 Å². The normalized spacial score (nSPS) is 11.4. The first-order valence-electron chi connectivity index (χ1n) is 13.2. The summed E-state index contributed by atoms with van der Waals surface area (Å²) >= 11 is 2.51. The Kier molecular flexibility index (Phi) is 9.88. The van der Waals surface area contributed by atoms with Crippen molar-refractivity contribution in [2.24, 2.45) is 0 Å². The number of thiophene rings is 1. The van der Waals surface area contributed by atoms with E-state index in [0.717, 1.165) is 21.6 Å². The van der Waals surface area contributed by atoms with Crippen LogP contribution in [0.1, 0.15) is 40.2 Å². The number of rotatable bonds is 10. The minimum Gasteiger partial charge on any atom is -0.493 e. The van der Waals surface area contributed by atoms with Gasteiger partial charge >= 0.3 is 5.97 Å². The van der Waals surface area contributed by atoms with Gasteiger partial charge < -0.3 is 19.5 Å². The van der Waals surface area contributed by atoms with Gasteiger partial charge in [0.25, 0.3) is 0 Å². The molecule has 0 aliphatic carbocycles.